The molecule has 0 bridgehead atoms. The zero-order valence-corrected chi connectivity index (χ0v) is 19.9. The molecule has 0 radical (unpaired) electrons. The molecule has 5 heterocycles. The lowest BCUT2D eigenvalue weighted by Crippen LogP contribution is -2.31. The largest absolute Gasteiger partial charge is 0.394 e. The van der Waals surface area contributed by atoms with Gasteiger partial charge >= 0.3 is 0 Å². The highest BCUT2D eigenvalue weighted by Gasteiger charge is 2.56. The monoisotopic (exact) mass is 481 g/mol. The highest BCUT2D eigenvalue weighted by atomic mass is 32.2. The summed E-state index contributed by atoms with van der Waals surface area (Å²) in [5, 5.41) is 16.0. The van der Waals surface area contributed by atoms with E-state index in [1.54, 1.807) is 4.68 Å². The molecule has 3 saturated heterocycles. The number of nitrogens with two attached hydrogens (primary N) is 1. The van der Waals surface area contributed by atoms with Crippen LogP contribution in [0.4, 0.5) is 5.82 Å². The predicted molar refractivity (Wildman–Crippen MR) is 119 cm³/mol. The molecule has 0 aromatic carbocycles. The number of anilines is 1. The van der Waals surface area contributed by atoms with Crippen LogP contribution in [0.5, 0.6) is 0 Å². The fourth-order valence-corrected chi connectivity index (χ4v) is 5.52. The van der Waals surface area contributed by atoms with E-state index in [2.05, 4.69) is 9.97 Å². The Kier molecular flexibility index (Phi) is 6.51. The number of nitrogens with zero attached hydrogens (tertiary/aromatic N) is 4. The molecule has 182 valence electrons. The summed E-state index contributed by atoms with van der Waals surface area (Å²) in [7, 11) is 0. The van der Waals surface area contributed by atoms with Crippen LogP contribution < -0.4 is 5.73 Å². The molecule has 2 aromatic heterocycles. The molecule has 33 heavy (non-hydrogen) atoms. The first-order chi connectivity index (χ1) is 15.9. The van der Waals surface area contributed by atoms with Crippen molar-refractivity contribution in [2.45, 2.75) is 87.8 Å². The van der Waals surface area contributed by atoms with Crippen LogP contribution in [0.2, 0.25) is 0 Å². The molecule has 2 unspecified atom stereocenters. The van der Waals surface area contributed by atoms with Crippen molar-refractivity contribution in [1.82, 2.24) is 19.7 Å². The van der Waals surface area contributed by atoms with Crippen LogP contribution >= 0.6 is 11.8 Å². The number of aliphatic hydroxyl groups excluding tert-OH is 1. The molecular weight excluding hydrogens is 450 g/mol. The molecule has 2 aromatic rings. The number of fused-ring (bicyclic) bond motifs is 2. The third kappa shape index (κ3) is 4.57. The first-order valence-electron chi connectivity index (χ1n) is 11.4. The van der Waals surface area contributed by atoms with Gasteiger partial charge in [-0.05, 0) is 40.0 Å². The fraction of sp³-hybridized carbons (Fsp3) is 0.762. The minimum absolute atomic E-state index is 0.0394. The summed E-state index contributed by atoms with van der Waals surface area (Å²) in [6.07, 6.45) is 2.33. The number of thioether (sulfide) groups is 1. The number of nitrogen functional groups attached to an aromatic ring is 1. The molecule has 3 aliphatic rings. The van der Waals surface area contributed by atoms with Crippen molar-refractivity contribution in [2.24, 2.45) is 0 Å². The average Bonchev–Trinajstić information content (AvgIpc) is 3.41. The van der Waals surface area contributed by atoms with E-state index in [-0.39, 0.29) is 19.0 Å². The molecule has 0 spiro atoms. The smallest absolute Gasteiger partial charge is 0.181 e. The summed E-state index contributed by atoms with van der Waals surface area (Å²) in [5.74, 6) is 0.215. The van der Waals surface area contributed by atoms with Gasteiger partial charge in [0.1, 0.15) is 35.5 Å². The summed E-state index contributed by atoms with van der Waals surface area (Å²) < 4.78 is 31.6. The Morgan fingerprint density at radius 3 is 2.88 bits per heavy atom. The molecule has 6 atom stereocenters. The van der Waals surface area contributed by atoms with Gasteiger partial charge in [0.25, 0.3) is 0 Å². The van der Waals surface area contributed by atoms with Gasteiger partial charge < -0.3 is 34.5 Å². The topological polar surface area (TPSA) is 136 Å². The van der Waals surface area contributed by atoms with Gasteiger partial charge in [-0.25, -0.2) is 14.6 Å². The number of hydrogen-bond acceptors (Lipinski definition) is 11. The van der Waals surface area contributed by atoms with Gasteiger partial charge in [0.15, 0.2) is 24.0 Å². The first-order valence-corrected chi connectivity index (χ1v) is 12.4. The van der Waals surface area contributed by atoms with Crippen LogP contribution in [0.25, 0.3) is 11.0 Å². The van der Waals surface area contributed by atoms with E-state index in [1.165, 1.54) is 18.1 Å². The van der Waals surface area contributed by atoms with Crippen LogP contribution in [0.15, 0.2) is 11.4 Å². The lowest BCUT2D eigenvalue weighted by molar-refractivity contribution is -0.201. The Balaban J connectivity index is 1.39. The third-order valence-electron chi connectivity index (χ3n) is 6.01. The van der Waals surface area contributed by atoms with Crippen LogP contribution in [-0.4, -0.2) is 80.3 Å². The zero-order chi connectivity index (χ0) is 23.2. The number of hydrogen-bond donors (Lipinski definition) is 2. The summed E-state index contributed by atoms with van der Waals surface area (Å²) >= 11 is 1.52. The van der Waals surface area contributed by atoms with Gasteiger partial charge in [-0.15, -0.1) is 11.8 Å². The molecule has 12 heteroatoms. The number of ether oxygens (including phenoxy) is 5. The molecule has 3 N–H and O–H groups in total. The van der Waals surface area contributed by atoms with Gasteiger partial charge in [0, 0.05) is 12.4 Å². The van der Waals surface area contributed by atoms with E-state index < -0.39 is 30.3 Å². The molecular formula is C21H31N5O6S. The Hall–Kier alpha value is -1.54. The van der Waals surface area contributed by atoms with Crippen LogP contribution in [0.3, 0.4) is 0 Å². The third-order valence-corrected chi connectivity index (χ3v) is 7.20. The second kappa shape index (κ2) is 9.25. The Morgan fingerprint density at radius 1 is 1.30 bits per heavy atom. The second-order valence-electron chi connectivity index (χ2n) is 9.07. The fourth-order valence-electron chi connectivity index (χ4n) is 4.56. The standard InChI is InChI=1S/C21H31N5O6S/c1-11(29-13-6-4-5-7-28-13)9-33-19-14-17(22)23-10-24-18(14)26(25-19)20-16-15(12(8-27)30-20)31-21(2,3)32-16/h10-13,15-16,20,27H,4-9H2,1-3H3,(H2,22,23,24)/t11?,12-,13?,15-,16-,20-/m1/s1. The highest BCUT2D eigenvalue weighted by Crippen LogP contribution is 2.44. The Morgan fingerprint density at radius 2 is 2.12 bits per heavy atom. The summed E-state index contributed by atoms with van der Waals surface area (Å²) in [5.41, 5.74) is 6.77. The minimum atomic E-state index is -0.784. The van der Waals surface area contributed by atoms with Crippen molar-refractivity contribution in [3.8, 4) is 0 Å². The molecule has 0 saturated carbocycles. The van der Waals surface area contributed by atoms with E-state index in [1.807, 2.05) is 20.8 Å². The van der Waals surface area contributed by atoms with E-state index >= 15 is 0 Å². The molecule has 0 amide bonds. The van der Waals surface area contributed by atoms with Gasteiger partial charge in [-0.3, -0.25) is 0 Å². The van der Waals surface area contributed by atoms with Crippen LogP contribution in [0, 0.1) is 0 Å². The van der Waals surface area contributed by atoms with Gasteiger partial charge in [0.05, 0.1) is 18.1 Å². The molecule has 3 fully saturated rings. The summed E-state index contributed by atoms with van der Waals surface area (Å²) in [4.78, 5) is 8.60. The van der Waals surface area contributed by atoms with Crippen molar-refractivity contribution < 1.29 is 28.8 Å². The van der Waals surface area contributed by atoms with E-state index in [0.29, 0.717) is 27.6 Å². The maximum absolute atomic E-state index is 9.83. The lowest BCUT2D eigenvalue weighted by atomic mass is 10.1. The van der Waals surface area contributed by atoms with Gasteiger partial charge in [0.2, 0.25) is 0 Å². The molecule has 11 nitrogen and oxygen atoms in total. The highest BCUT2D eigenvalue weighted by molar-refractivity contribution is 7.99. The van der Waals surface area contributed by atoms with Gasteiger partial charge in [-0.2, -0.15) is 5.10 Å². The van der Waals surface area contributed by atoms with E-state index in [4.69, 9.17) is 34.5 Å². The van der Waals surface area contributed by atoms with Crippen molar-refractivity contribution >= 4 is 28.6 Å². The Labute approximate surface area is 196 Å². The molecule has 3 aliphatic heterocycles. The second-order valence-corrected chi connectivity index (χ2v) is 10.1. The maximum atomic E-state index is 9.83. The van der Waals surface area contributed by atoms with Crippen molar-refractivity contribution in [1.29, 1.82) is 0 Å². The molecule has 0 aliphatic carbocycles. The molecule has 5 rings (SSSR count). The van der Waals surface area contributed by atoms with Crippen molar-refractivity contribution in [3.63, 3.8) is 0 Å². The zero-order valence-electron chi connectivity index (χ0n) is 19.0. The van der Waals surface area contributed by atoms with Crippen molar-refractivity contribution in [3.05, 3.63) is 6.33 Å². The van der Waals surface area contributed by atoms with Gasteiger partial charge in [-0.1, -0.05) is 0 Å². The summed E-state index contributed by atoms with van der Waals surface area (Å²) in [6.45, 7) is 6.27. The minimum Gasteiger partial charge on any atom is -0.394 e. The Bertz CT molecular complexity index is 983. The normalized spacial score (nSPS) is 32.3. The van der Waals surface area contributed by atoms with E-state index in [9.17, 15) is 5.11 Å². The average molecular weight is 482 g/mol. The quantitative estimate of drug-likeness (QED) is 0.561. The van der Waals surface area contributed by atoms with Crippen LogP contribution in [0.1, 0.15) is 46.3 Å². The van der Waals surface area contributed by atoms with Crippen LogP contribution in [-0.2, 0) is 23.7 Å². The lowest BCUT2D eigenvalue weighted by Gasteiger charge is -2.25. The first kappa shape index (κ1) is 23.2. The summed E-state index contributed by atoms with van der Waals surface area (Å²) in [6, 6.07) is 0. The van der Waals surface area contributed by atoms with E-state index in [0.717, 1.165) is 25.9 Å². The predicted octanol–water partition coefficient (Wildman–Crippen LogP) is 1.84. The SMILES string of the molecule is CC(CSc1nn([C@@H]2O[C@H](CO)[C@H]3OC(C)(C)O[C@H]32)c2ncnc(N)c12)OC1CCCCO1. The number of rotatable bonds is 7. The maximum Gasteiger partial charge on any atom is 0.181 e. The number of aliphatic hydroxyl groups is 1. The van der Waals surface area contributed by atoms with Crippen molar-refractivity contribution in [2.75, 3.05) is 24.7 Å². The number of aromatic nitrogens is 4.